The van der Waals surface area contributed by atoms with Crippen LogP contribution < -0.4 is 10.6 Å². The van der Waals surface area contributed by atoms with E-state index in [1.165, 1.54) is 4.88 Å². The second kappa shape index (κ2) is 10.6. The van der Waals surface area contributed by atoms with Crippen LogP contribution in [0.2, 0.25) is 0 Å². The molecular weight excluding hydrogens is 472 g/mol. The summed E-state index contributed by atoms with van der Waals surface area (Å²) in [6, 6.07) is 15.0. The Labute approximate surface area is 215 Å². The van der Waals surface area contributed by atoms with Crippen LogP contribution in [0.1, 0.15) is 50.9 Å². The fourth-order valence-electron chi connectivity index (χ4n) is 4.81. The number of carbonyl (C=O) groups excluding carboxylic acids is 2. The van der Waals surface area contributed by atoms with Crippen molar-refractivity contribution >= 4 is 40.8 Å². The first-order chi connectivity index (χ1) is 17.5. The summed E-state index contributed by atoms with van der Waals surface area (Å²) in [4.78, 5) is 40.0. The van der Waals surface area contributed by atoms with Crippen molar-refractivity contribution in [2.75, 3.05) is 30.8 Å². The number of amides is 3. The van der Waals surface area contributed by atoms with Crippen molar-refractivity contribution < 1.29 is 9.59 Å². The van der Waals surface area contributed by atoms with Crippen LogP contribution in [-0.4, -0.2) is 53.6 Å². The summed E-state index contributed by atoms with van der Waals surface area (Å²) >= 11 is 1.55. The third-order valence-electron chi connectivity index (χ3n) is 6.69. The van der Waals surface area contributed by atoms with Gasteiger partial charge in [-0.15, -0.1) is 11.3 Å². The van der Waals surface area contributed by atoms with E-state index < -0.39 is 0 Å². The second-order valence-electron chi connectivity index (χ2n) is 9.32. The number of fused-ring (bicyclic) bond motifs is 1. The van der Waals surface area contributed by atoms with E-state index in [2.05, 4.69) is 39.3 Å². The predicted octanol–water partition coefficient (Wildman–Crippen LogP) is 4.95. The lowest BCUT2D eigenvalue weighted by molar-refractivity contribution is 0.102. The number of aliphatic imine (C=N–C) groups is 1. The Balaban J connectivity index is 1.26. The maximum Gasteiger partial charge on any atom is 0.322 e. The van der Waals surface area contributed by atoms with Crippen molar-refractivity contribution in [3.05, 3.63) is 75.8 Å². The SMILES string of the molecule is C=NCc1ccc(NC(=O)N2CCCC2c2cccc(C(=O)Nc3nc4c(s3)CN(C)CC4)c2)cc1. The average Bonchev–Trinajstić information content (AvgIpc) is 3.52. The lowest BCUT2D eigenvalue weighted by atomic mass is 10.0. The molecule has 0 spiro atoms. The minimum Gasteiger partial charge on any atom is -0.317 e. The van der Waals surface area contributed by atoms with Gasteiger partial charge in [-0.2, -0.15) is 0 Å². The molecule has 3 aromatic rings. The van der Waals surface area contributed by atoms with Gasteiger partial charge in [0.1, 0.15) is 0 Å². The molecule has 0 radical (unpaired) electrons. The first-order valence-corrected chi connectivity index (χ1v) is 13.0. The van der Waals surface area contributed by atoms with E-state index in [1.54, 1.807) is 17.4 Å². The smallest absolute Gasteiger partial charge is 0.317 e. The quantitative estimate of drug-likeness (QED) is 0.467. The van der Waals surface area contributed by atoms with E-state index in [0.717, 1.165) is 54.9 Å². The number of rotatable bonds is 6. The van der Waals surface area contributed by atoms with Crippen LogP contribution in [0.3, 0.4) is 0 Å². The number of hydrogen-bond acceptors (Lipinski definition) is 6. The van der Waals surface area contributed by atoms with Gasteiger partial charge in [0.15, 0.2) is 5.13 Å². The number of carbonyl (C=O) groups is 2. The van der Waals surface area contributed by atoms with E-state index in [0.29, 0.717) is 23.8 Å². The molecule has 0 aliphatic carbocycles. The van der Waals surface area contributed by atoms with Gasteiger partial charge in [-0.05, 0) is 62.0 Å². The minimum atomic E-state index is -0.181. The molecule has 3 heterocycles. The molecule has 1 aromatic heterocycles. The normalized spacial score (nSPS) is 17.5. The molecule has 2 aromatic carbocycles. The zero-order valence-corrected chi connectivity index (χ0v) is 21.2. The van der Waals surface area contributed by atoms with Gasteiger partial charge >= 0.3 is 6.03 Å². The fraction of sp³-hybridized carbons (Fsp3) is 0.333. The van der Waals surface area contributed by atoms with Gasteiger partial charge in [-0.3, -0.25) is 15.1 Å². The largest absolute Gasteiger partial charge is 0.322 e. The zero-order chi connectivity index (χ0) is 25.1. The van der Waals surface area contributed by atoms with Crippen molar-refractivity contribution in [1.82, 2.24) is 14.8 Å². The van der Waals surface area contributed by atoms with Crippen LogP contribution in [0, 0.1) is 0 Å². The molecule has 0 saturated carbocycles. The third-order valence-corrected chi connectivity index (χ3v) is 7.69. The molecule has 2 aliphatic heterocycles. The molecule has 1 atom stereocenters. The van der Waals surface area contributed by atoms with Crippen molar-refractivity contribution in [2.24, 2.45) is 4.99 Å². The number of urea groups is 1. The number of anilines is 2. The van der Waals surface area contributed by atoms with Crippen LogP contribution >= 0.6 is 11.3 Å². The average molecular weight is 503 g/mol. The summed E-state index contributed by atoms with van der Waals surface area (Å²) in [6.07, 6.45) is 2.68. The van der Waals surface area contributed by atoms with Crippen molar-refractivity contribution in [3.8, 4) is 0 Å². The number of likely N-dealkylation sites (N-methyl/N-ethyl adjacent to an activating group) is 1. The molecule has 186 valence electrons. The zero-order valence-electron chi connectivity index (χ0n) is 20.4. The summed E-state index contributed by atoms with van der Waals surface area (Å²) in [5.41, 5.74) is 4.40. The maximum absolute atomic E-state index is 13.1. The minimum absolute atomic E-state index is 0.0790. The van der Waals surface area contributed by atoms with Gasteiger partial charge in [0.25, 0.3) is 5.91 Å². The highest BCUT2D eigenvalue weighted by molar-refractivity contribution is 7.15. The van der Waals surface area contributed by atoms with E-state index in [-0.39, 0.29) is 18.0 Å². The van der Waals surface area contributed by atoms with E-state index >= 15 is 0 Å². The highest BCUT2D eigenvalue weighted by atomic mass is 32.1. The lowest BCUT2D eigenvalue weighted by Crippen LogP contribution is -2.34. The molecule has 0 bridgehead atoms. The Morgan fingerprint density at radius 1 is 1.17 bits per heavy atom. The van der Waals surface area contributed by atoms with Crippen molar-refractivity contribution in [3.63, 3.8) is 0 Å². The maximum atomic E-state index is 13.1. The number of thiazole rings is 1. The Morgan fingerprint density at radius 2 is 2.00 bits per heavy atom. The van der Waals surface area contributed by atoms with Gasteiger partial charge in [-0.1, -0.05) is 24.3 Å². The van der Waals surface area contributed by atoms with Gasteiger partial charge in [0, 0.05) is 42.2 Å². The van der Waals surface area contributed by atoms with E-state index in [9.17, 15) is 9.59 Å². The number of aromatic nitrogens is 1. The Bertz CT molecular complexity index is 1270. The second-order valence-corrected chi connectivity index (χ2v) is 10.4. The Morgan fingerprint density at radius 3 is 2.81 bits per heavy atom. The predicted molar refractivity (Wildman–Crippen MR) is 144 cm³/mol. The van der Waals surface area contributed by atoms with Crippen LogP contribution in [0.25, 0.3) is 0 Å². The number of benzene rings is 2. The van der Waals surface area contributed by atoms with E-state index in [1.807, 2.05) is 47.4 Å². The molecule has 9 heteroatoms. The molecule has 1 saturated heterocycles. The van der Waals surface area contributed by atoms with Gasteiger partial charge < -0.3 is 15.1 Å². The van der Waals surface area contributed by atoms with Crippen LogP contribution in [0.15, 0.2) is 53.5 Å². The van der Waals surface area contributed by atoms with Crippen LogP contribution in [0.4, 0.5) is 15.6 Å². The number of hydrogen-bond donors (Lipinski definition) is 2. The molecule has 8 nitrogen and oxygen atoms in total. The molecule has 5 rings (SSSR count). The molecule has 1 fully saturated rings. The first kappa shape index (κ1) is 24.1. The fourth-order valence-corrected chi connectivity index (χ4v) is 5.89. The summed E-state index contributed by atoms with van der Waals surface area (Å²) in [6.45, 7) is 6.59. The first-order valence-electron chi connectivity index (χ1n) is 12.2. The highest BCUT2D eigenvalue weighted by Crippen LogP contribution is 2.33. The highest BCUT2D eigenvalue weighted by Gasteiger charge is 2.30. The summed E-state index contributed by atoms with van der Waals surface area (Å²) < 4.78 is 0. The number of nitrogens with zero attached hydrogens (tertiary/aromatic N) is 4. The van der Waals surface area contributed by atoms with Gasteiger partial charge in [0.2, 0.25) is 0 Å². The summed E-state index contributed by atoms with van der Waals surface area (Å²) in [5.74, 6) is -0.181. The van der Waals surface area contributed by atoms with Gasteiger partial charge in [-0.25, -0.2) is 9.78 Å². The monoisotopic (exact) mass is 502 g/mol. The molecule has 36 heavy (non-hydrogen) atoms. The standard InChI is InChI=1S/C27H30N6O2S/c1-28-16-18-8-10-21(11-9-18)29-27(35)33-13-4-7-23(33)19-5-3-6-20(15-19)25(34)31-26-30-22-12-14-32(2)17-24(22)36-26/h3,5-6,8-11,15,23H,1,4,7,12-14,16-17H2,2H3,(H,29,35)(H,30,31,34). The van der Waals surface area contributed by atoms with E-state index in [4.69, 9.17) is 0 Å². The lowest BCUT2D eigenvalue weighted by Gasteiger charge is -2.25. The Hall–Kier alpha value is -3.56. The molecule has 3 amide bonds. The van der Waals surface area contributed by atoms with Crippen LogP contribution in [0.5, 0.6) is 0 Å². The summed E-state index contributed by atoms with van der Waals surface area (Å²) in [5, 5.41) is 6.62. The topological polar surface area (TPSA) is 89.9 Å². The third kappa shape index (κ3) is 5.32. The van der Waals surface area contributed by atoms with Gasteiger partial charge in [0.05, 0.1) is 18.3 Å². The number of nitrogens with one attached hydrogen (secondary N) is 2. The Kier molecular flexibility index (Phi) is 7.11. The molecule has 2 N–H and O–H groups in total. The molecule has 2 aliphatic rings. The van der Waals surface area contributed by atoms with Crippen molar-refractivity contribution in [2.45, 2.75) is 38.4 Å². The van der Waals surface area contributed by atoms with Crippen LogP contribution in [-0.2, 0) is 19.5 Å². The molecular formula is C27H30N6O2S. The molecule has 1 unspecified atom stereocenters. The van der Waals surface area contributed by atoms with Crippen molar-refractivity contribution in [1.29, 1.82) is 0 Å². The summed E-state index contributed by atoms with van der Waals surface area (Å²) in [7, 11) is 2.09. The number of likely N-dealkylation sites (tertiary alicyclic amines) is 1.